The van der Waals surface area contributed by atoms with Crippen LogP contribution in [0.5, 0.6) is 11.6 Å². The molecule has 0 saturated carbocycles. The quantitative estimate of drug-likeness (QED) is 0.511. The van der Waals surface area contributed by atoms with Crippen LogP contribution in [0.15, 0.2) is 30.9 Å². The molecule has 41 heavy (non-hydrogen) atoms. The number of anilines is 2. The predicted molar refractivity (Wildman–Crippen MR) is 151 cm³/mol. The van der Waals surface area contributed by atoms with Crippen molar-refractivity contribution in [3.05, 3.63) is 53.5 Å². The highest BCUT2D eigenvalue weighted by Gasteiger charge is 2.35. The molecule has 11 heteroatoms. The van der Waals surface area contributed by atoms with Crippen LogP contribution in [0, 0.1) is 28.5 Å². The van der Waals surface area contributed by atoms with Crippen LogP contribution in [0.3, 0.4) is 0 Å². The minimum absolute atomic E-state index is 0.117. The molecular weight excluding hydrogens is 525 g/mol. The highest BCUT2D eigenvalue weighted by Crippen LogP contribution is 2.40. The van der Waals surface area contributed by atoms with E-state index in [1.165, 1.54) is 24.3 Å². The fourth-order valence-corrected chi connectivity index (χ4v) is 6.21. The van der Waals surface area contributed by atoms with Gasteiger partial charge < -0.3 is 29.4 Å². The summed E-state index contributed by atoms with van der Waals surface area (Å²) < 4.78 is 21.0. The molecule has 1 N–H and O–H groups in total. The minimum atomic E-state index is -0.523. The molecule has 1 amide bonds. The summed E-state index contributed by atoms with van der Waals surface area (Å²) in [7, 11) is 2.05. The Labute approximate surface area is 239 Å². The van der Waals surface area contributed by atoms with Gasteiger partial charge in [0.05, 0.1) is 36.5 Å². The van der Waals surface area contributed by atoms with Gasteiger partial charge in [0.2, 0.25) is 11.8 Å². The summed E-state index contributed by atoms with van der Waals surface area (Å²) in [6.45, 7) is 6.78. The van der Waals surface area contributed by atoms with E-state index in [0.29, 0.717) is 56.2 Å². The molecule has 4 heterocycles. The van der Waals surface area contributed by atoms with Gasteiger partial charge in [-0.3, -0.25) is 4.79 Å². The van der Waals surface area contributed by atoms with Gasteiger partial charge >= 0.3 is 0 Å². The Balaban J connectivity index is 1.55. The molecule has 2 atom stereocenters. The molecule has 0 aliphatic carbocycles. The highest BCUT2D eigenvalue weighted by molar-refractivity contribution is 5.87. The Morgan fingerprint density at radius 1 is 1.22 bits per heavy atom. The standard InChI is InChI=1S/C30H34FN7O3/c1-3-27(40)38-15-14-37(17-20(38)9-11-32)28-22-10-13-36(29-24(31)7-4-8-26(29)39)18-25(22)34-30(23(28)16-33)41-19-21-6-5-12-35(21)2/h3-4,7-8,20-21,39H,1,5-6,9-10,12-15,17-19H2,2H3. The largest absolute Gasteiger partial charge is 0.506 e. The molecule has 5 rings (SSSR count). The van der Waals surface area contributed by atoms with Crippen LogP contribution in [0.2, 0.25) is 0 Å². The summed E-state index contributed by atoms with van der Waals surface area (Å²) in [6, 6.07) is 8.58. The van der Waals surface area contributed by atoms with Gasteiger partial charge in [-0.15, -0.1) is 0 Å². The third-order valence-electron chi connectivity index (χ3n) is 8.35. The summed E-state index contributed by atoms with van der Waals surface area (Å²) >= 11 is 0. The predicted octanol–water partition coefficient (Wildman–Crippen LogP) is 2.95. The number of hydrogen-bond acceptors (Lipinski definition) is 9. The SMILES string of the molecule is C=CC(=O)N1CCN(c2c(C#N)c(OCC3CCCN3C)nc3c2CCN(c2c(O)cccc2F)C3)CC1CC#N. The van der Waals surface area contributed by atoms with Crippen LogP contribution in [-0.4, -0.2) is 84.3 Å². The molecule has 2 aromatic rings. The first-order valence-electron chi connectivity index (χ1n) is 13.9. The third kappa shape index (κ3) is 5.50. The summed E-state index contributed by atoms with van der Waals surface area (Å²) in [5.74, 6) is -0.675. The zero-order valence-electron chi connectivity index (χ0n) is 23.2. The Morgan fingerprint density at radius 2 is 2.05 bits per heavy atom. The van der Waals surface area contributed by atoms with Crippen LogP contribution < -0.4 is 14.5 Å². The molecule has 2 saturated heterocycles. The fraction of sp³-hybridized carbons (Fsp3) is 0.467. The van der Waals surface area contributed by atoms with Crippen molar-refractivity contribution in [2.24, 2.45) is 0 Å². The first-order valence-corrected chi connectivity index (χ1v) is 13.9. The number of hydrogen-bond donors (Lipinski definition) is 1. The summed E-state index contributed by atoms with van der Waals surface area (Å²) in [4.78, 5) is 25.0. The number of pyridine rings is 1. The van der Waals surface area contributed by atoms with Crippen molar-refractivity contribution >= 4 is 17.3 Å². The van der Waals surface area contributed by atoms with E-state index in [9.17, 15) is 24.8 Å². The van der Waals surface area contributed by atoms with Crippen LogP contribution >= 0.6 is 0 Å². The molecule has 10 nitrogen and oxygen atoms in total. The first kappa shape index (κ1) is 28.2. The number of halogens is 1. The lowest BCUT2D eigenvalue weighted by Gasteiger charge is -2.43. The summed E-state index contributed by atoms with van der Waals surface area (Å²) in [5, 5.41) is 30.3. The molecule has 214 valence electrons. The molecule has 0 bridgehead atoms. The van der Waals surface area contributed by atoms with Crippen molar-refractivity contribution in [3.8, 4) is 23.8 Å². The van der Waals surface area contributed by atoms with E-state index in [-0.39, 0.29) is 48.3 Å². The average Bonchev–Trinajstić information content (AvgIpc) is 3.39. The molecule has 1 aromatic carbocycles. The zero-order valence-corrected chi connectivity index (χ0v) is 23.2. The lowest BCUT2D eigenvalue weighted by atomic mass is 9.96. The smallest absolute Gasteiger partial charge is 0.246 e. The maximum absolute atomic E-state index is 14.8. The number of phenols is 1. The van der Waals surface area contributed by atoms with Gasteiger partial charge in [-0.2, -0.15) is 10.5 Å². The van der Waals surface area contributed by atoms with Crippen molar-refractivity contribution in [2.45, 2.75) is 44.3 Å². The van der Waals surface area contributed by atoms with Gasteiger partial charge in [0.15, 0.2) is 0 Å². The Hall–Kier alpha value is -4.35. The number of ether oxygens (including phenoxy) is 1. The number of nitrogens with zero attached hydrogens (tertiary/aromatic N) is 7. The summed E-state index contributed by atoms with van der Waals surface area (Å²) in [5.41, 5.74) is 2.64. The normalized spacial score (nSPS) is 20.7. The Bertz CT molecular complexity index is 1400. The van der Waals surface area contributed by atoms with Crippen molar-refractivity contribution in [1.82, 2.24) is 14.8 Å². The van der Waals surface area contributed by atoms with E-state index in [4.69, 9.17) is 9.72 Å². The van der Waals surface area contributed by atoms with Crippen LogP contribution in [-0.2, 0) is 17.8 Å². The Morgan fingerprint density at radius 3 is 2.73 bits per heavy atom. The second-order valence-corrected chi connectivity index (χ2v) is 10.7. The number of piperazine rings is 1. The number of benzene rings is 1. The maximum Gasteiger partial charge on any atom is 0.246 e. The van der Waals surface area contributed by atoms with E-state index in [0.717, 1.165) is 24.9 Å². The van der Waals surface area contributed by atoms with Crippen molar-refractivity contribution in [2.75, 3.05) is 56.2 Å². The maximum atomic E-state index is 14.8. The van der Waals surface area contributed by atoms with E-state index in [2.05, 4.69) is 35.6 Å². The van der Waals surface area contributed by atoms with Gasteiger partial charge in [0.1, 0.15) is 35.5 Å². The number of likely N-dealkylation sites (N-methyl/N-ethyl adjacent to an activating group) is 1. The second-order valence-electron chi connectivity index (χ2n) is 10.7. The molecule has 1 aromatic heterocycles. The number of rotatable bonds is 7. The lowest BCUT2D eigenvalue weighted by molar-refractivity contribution is -0.128. The number of aromatic hydroxyl groups is 1. The molecule has 2 fully saturated rings. The van der Waals surface area contributed by atoms with Crippen molar-refractivity contribution in [1.29, 1.82) is 10.5 Å². The number of aromatic nitrogens is 1. The van der Waals surface area contributed by atoms with Gasteiger partial charge in [-0.25, -0.2) is 9.37 Å². The monoisotopic (exact) mass is 559 g/mol. The topological polar surface area (TPSA) is 120 Å². The molecule has 0 radical (unpaired) electrons. The van der Waals surface area contributed by atoms with E-state index in [1.807, 2.05) is 0 Å². The van der Waals surface area contributed by atoms with E-state index < -0.39 is 5.82 Å². The zero-order chi connectivity index (χ0) is 29.1. The molecule has 0 spiro atoms. The van der Waals surface area contributed by atoms with Crippen LogP contribution in [0.1, 0.15) is 36.1 Å². The number of carbonyl (C=O) groups is 1. The molecule has 2 unspecified atom stereocenters. The fourth-order valence-electron chi connectivity index (χ4n) is 6.21. The van der Waals surface area contributed by atoms with Gasteiger partial charge in [0, 0.05) is 37.8 Å². The molecular formula is C30H34FN7O3. The molecule has 3 aliphatic rings. The number of fused-ring (bicyclic) bond motifs is 1. The number of amides is 1. The Kier molecular flexibility index (Phi) is 8.27. The third-order valence-corrected chi connectivity index (χ3v) is 8.35. The van der Waals surface area contributed by atoms with Gasteiger partial charge in [-0.05, 0) is 51.1 Å². The van der Waals surface area contributed by atoms with Crippen molar-refractivity contribution < 1.29 is 19.0 Å². The highest BCUT2D eigenvalue weighted by atomic mass is 19.1. The number of para-hydroxylation sites is 1. The summed E-state index contributed by atoms with van der Waals surface area (Å²) in [6.07, 6.45) is 3.93. The minimum Gasteiger partial charge on any atom is -0.506 e. The second kappa shape index (κ2) is 12.0. The van der Waals surface area contributed by atoms with Crippen molar-refractivity contribution in [3.63, 3.8) is 0 Å². The van der Waals surface area contributed by atoms with Gasteiger partial charge in [0.25, 0.3) is 0 Å². The molecule has 3 aliphatic heterocycles. The van der Waals surface area contributed by atoms with E-state index >= 15 is 0 Å². The average molecular weight is 560 g/mol. The van der Waals surface area contributed by atoms with Gasteiger partial charge in [-0.1, -0.05) is 12.6 Å². The number of phenolic OH excluding ortho intramolecular Hbond substituents is 1. The van der Waals surface area contributed by atoms with Crippen LogP contribution in [0.4, 0.5) is 15.8 Å². The van der Waals surface area contributed by atoms with E-state index in [1.54, 1.807) is 9.80 Å². The lowest BCUT2D eigenvalue weighted by Crippen LogP contribution is -2.55. The number of carbonyl (C=O) groups excluding carboxylic acids is 1. The first-order chi connectivity index (χ1) is 19.9. The number of likely N-dealkylation sites (tertiary alicyclic amines) is 1. The number of nitriles is 2. The van der Waals surface area contributed by atoms with Crippen LogP contribution in [0.25, 0.3) is 0 Å².